The Labute approximate surface area is 186 Å². The molecule has 0 spiro atoms. The molecule has 1 unspecified atom stereocenters. The van der Waals surface area contributed by atoms with Crippen molar-refractivity contribution in [3.63, 3.8) is 0 Å². The van der Waals surface area contributed by atoms with Crippen LogP contribution in [0.25, 0.3) is 0 Å². The van der Waals surface area contributed by atoms with Crippen LogP contribution in [-0.4, -0.2) is 35.6 Å². The van der Waals surface area contributed by atoms with Crippen LogP contribution in [0.4, 0.5) is 10.2 Å². The molecule has 0 radical (unpaired) electrons. The van der Waals surface area contributed by atoms with Gasteiger partial charge in [0.25, 0.3) is 5.91 Å². The molecule has 32 heavy (non-hydrogen) atoms. The summed E-state index contributed by atoms with van der Waals surface area (Å²) in [6.07, 6.45) is 5.75. The maximum Gasteiger partial charge on any atom is 0.263 e. The van der Waals surface area contributed by atoms with Crippen molar-refractivity contribution in [2.45, 2.75) is 58.1 Å². The highest BCUT2D eigenvalue weighted by molar-refractivity contribution is 5.97. The van der Waals surface area contributed by atoms with Crippen LogP contribution in [0.3, 0.4) is 0 Å². The highest BCUT2D eigenvalue weighted by Crippen LogP contribution is 2.34. The van der Waals surface area contributed by atoms with Crippen molar-refractivity contribution >= 4 is 17.5 Å². The largest absolute Gasteiger partial charge is 0.483 e. The molecule has 1 atom stereocenters. The number of nitriles is 1. The van der Waals surface area contributed by atoms with Gasteiger partial charge in [-0.15, -0.1) is 0 Å². The van der Waals surface area contributed by atoms with Crippen LogP contribution >= 0.6 is 0 Å². The first-order valence-electron chi connectivity index (χ1n) is 11.0. The van der Waals surface area contributed by atoms with Crippen molar-refractivity contribution in [3.8, 4) is 11.8 Å². The summed E-state index contributed by atoms with van der Waals surface area (Å²) in [6.45, 7) is 2.26. The zero-order valence-corrected chi connectivity index (χ0v) is 18.1. The van der Waals surface area contributed by atoms with Crippen molar-refractivity contribution in [3.05, 3.63) is 46.4 Å². The topological polar surface area (TPSA) is 93.4 Å². The molecule has 1 aromatic heterocycles. The van der Waals surface area contributed by atoms with Gasteiger partial charge in [0.15, 0.2) is 12.4 Å². The van der Waals surface area contributed by atoms with Crippen LogP contribution in [0.1, 0.15) is 59.8 Å². The molecule has 168 valence electrons. The molecule has 8 heteroatoms. The minimum absolute atomic E-state index is 0.0595. The second-order valence-electron chi connectivity index (χ2n) is 8.25. The number of ketones is 1. The molecular formula is C24H26FN3O4. The normalized spacial score (nSPS) is 17.5. The number of ether oxygens (including phenoxy) is 2. The molecule has 4 rings (SSSR count). The molecule has 1 N–H and O–H groups in total. The minimum atomic E-state index is -0.553. The molecule has 1 aliphatic carbocycles. The van der Waals surface area contributed by atoms with E-state index < -0.39 is 11.7 Å². The van der Waals surface area contributed by atoms with E-state index in [0.717, 1.165) is 62.5 Å². The molecule has 2 heterocycles. The number of fused-ring (bicyclic) bond motifs is 1. The van der Waals surface area contributed by atoms with E-state index in [2.05, 4.69) is 11.4 Å². The Morgan fingerprint density at radius 1 is 1.31 bits per heavy atom. The van der Waals surface area contributed by atoms with E-state index >= 15 is 0 Å². The van der Waals surface area contributed by atoms with Crippen molar-refractivity contribution in [2.75, 3.05) is 18.5 Å². The van der Waals surface area contributed by atoms with E-state index in [1.807, 2.05) is 4.57 Å². The van der Waals surface area contributed by atoms with Gasteiger partial charge in [0.2, 0.25) is 0 Å². The molecule has 0 bridgehead atoms. The van der Waals surface area contributed by atoms with Crippen LogP contribution in [0.2, 0.25) is 0 Å². The summed E-state index contributed by atoms with van der Waals surface area (Å²) in [4.78, 5) is 24.5. The number of halogens is 1. The second kappa shape index (κ2) is 9.53. The predicted octanol–water partition coefficient (Wildman–Crippen LogP) is 3.78. The number of rotatable bonds is 7. The smallest absolute Gasteiger partial charge is 0.263 e. The van der Waals surface area contributed by atoms with Crippen LogP contribution < -0.4 is 10.1 Å². The van der Waals surface area contributed by atoms with Gasteiger partial charge in [0, 0.05) is 12.3 Å². The summed E-state index contributed by atoms with van der Waals surface area (Å²) in [5, 5.41) is 12.7. The van der Waals surface area contributed by atoms with E-state index in [1.165, 1.54) is 19.1 Å². The lowest BCUT2D eigenvalue weighted by Crippen LogP contribution is -2.25. The number of carbonyl (C=O) groups is 2. The first kappa shape index (κ1) is 22.0. The summed E-state index contributed by atoms with van der Waals surface area (Å²) in [7, 11) is 0. The molecule has 7 nitrogen and oxygen atoms in total. The standard InChI is InChI=1S/C24H26FN3O4/c1-15(29)19-11-16(25)8-9-22(19)32-14-23(30)27-24-20(12-26)18-6-2-3-7-21(18)28(24)13-17-5-4-10-31-17/h8-9,11,17H,2-7,10,13-14H2,1H3,(H,27,30). The molecule has 1 fully saturated rings. The third-order valence-corrected chi connectivity index (χ3v) is 6.03. The molecular weight excluding hydrogens is 413 g/mol. The van der Waals surface area contributed by atoms with Gasteiger partial charge in [0.05, 0.1) is 23.8 Å². The number of hydrogen-bond donors (Lipinski definition) is 1. The fourth-order valence-corrected chi connectivity index (χ4v) is 4.53. The lowest BCUT2D eigenvalue weighted by molar-refractivity contribution is -0.118. The lowest BCUT2D eigenvalue weighted by Gasteiger charge is -2.20. The molecule has 1 aromatic carbocycles. The third-order valence-electron chi connectivity index (χ3n) is 6.03. The molecule has 2 aromatic rings. The molecule has 2 aliphatic rings. The Bertz CT molecular complexity index is 1080. The van der Waals surface area contributed by atoms with Crippen LogP contribution in [0.15, 0.2) is 18.2 Å². The zero-order chi connectivity index (χ0) is 22.7. The van der Waals surface area contributed by atoms with Crippen molar-refractivity contribution < 1.29 is 23.5 Å². The quantitative estimate of drug-likeness (QED) is 0.663. The van der Waals surface area contributed by atoms with Crippen LogP contribution in [0.5, 0.6) is 5.75 Å². The second-order valence-corrected chi connectivity index (χ2v) is 8.25. The average Bonchev–Trinajstić information content (AvgIpc) is 3.39. The van der Waals surface area contributed by atoms with Gasteiger partial charge < -0.3 is 19.4 Å². The van der Waals surface area contributed by atoms with Crippen molar-refractivity contribution in [1.29, 1.82) is 5.26 Å². The first-order valence-corrected chi connectivity index (χ1v) is 11.0. The van der Waals surface area contributed by atoms with E-state index in [-0.39, 0.29) is 29.8 Å². The number of carbonyl (C=O) groups excluding carboxylic acids is 2. The molecule has 1 aliphatic heterocycles. The highest BCUT2D eigenvalue weighted by atomic mass is 19.1. The maximum atomic E-state index is 13.5. The summed E-state index contributed by atoms with van der Waals surface area (Å²) >= 11 is 0. The van der Waals surface area contributed by atoms with E-state index in [9.17, 15) is 19.2 Å². The Morgan fingerprint density at radius 3 is 2.84 bits per heavy atom. The highest BCUT2D eigenvalue weighted by Gasteiger charge is 2.28. The number of Topliss-reactive ketones (excluding diaryl/α,β-unsaturated/α-hetero) is 1. The number of anilines is 1. The Balaban J connectivity index is 1.55. The maximum absolute atomic E-state index is 13.5. The zero-order valence-electron chi connectivity index (χ0n) is 18.1. The summed E-state index contributed by atoms with van der Waals surface area (Å²) in [5.74, 6) is -0.741. The van der Waals surface area contributed by atoms with Gasteiger partial charge in [-0.2, -0.15) is 5.26 Å². The van der Waals surface area contributed by atoms with Crippen LogP contribution in [-0.2, 0) is 28.9 Å². The lowest BCUT2D eigenvalue weighted by atomic mass is 9.95. The van der Waals surface area contributed by atoms with Crippen molar-refractivity contribution in [2.24, 2.45) is 0 Å². The van der Waals surface area contributed by atoms with Gasteiger partial charge in [0.1, 0.15) is 23.5 Å². The SMILES string of the molecule is CC(=O)c1cc(F)ccc1OCC(=O)Nc1c(C#N)c2c(n1CC1CCCO1)CCCC2. The summed E-state index contributed by atoms with van der Waals surface area (Å²) < 4.78 is 26.8. The number of aromatic nitrogens is 1. The fourth-order valence-electron chi connectivity index (χ4n) is 4.53. The Kier molecular flexibility index (Phi) is 6.56. The van der Waals surface area contributed by atoms with Gasteiger partial charge in [-0.1, -0.05) is 0 Å². The minimum Gasteiger partial charge on any atom is -0.483 e. The molecule has 0 saturated carbocycles. The Morgan fingerprint density at radius 2 is 2.12 bits per heavy atom. The van der Waals surface area contributed by atoms with Crippen molar-refractivity contribution in [1.82, 2.24) is 4.57 Å². The Hall–Kier alpha value is -3.18. The fraction of sp³-hybridized carbons (Fsp3) is 0.458. The number of hydrogen-bond acceptors (Lipinski definition) is 5. The van der Waals surface area contributed by atoms with Gasteiger partial charge in [-0.25, -0.2) is 4.39 Å². The van der Waals surface area contributed by atoms with E-state index in [1.54, 1.807) is 0 Å². The number of amides is 1. The molecule has 1 amide bonds. The van der Waals surface area contributed by atoms with Gasteiger partial charge in [-0.3, -0.25) is 9.59 Å². The third kappa shape index (κ3) is 4.53. The number of nitrogens with zero attached hydrogens (tertiary/aromatic N) is 2. The van der Waals surface area contributed by atoms with E-state index in [4.69, 9.17) is 9.47 Å². The average molecular weight is 439 g/mol. The predicted molar refractivity (Wildman–Crippen MR) is 115 cm³/mol. The van der Waals surface area contributed by atoms with Gasteiger partial charge in [-0.05, 0) is 69.2 Å². The molecule has 1 saturated heterocycles. The van der Waals surface area contributed by atoms with Crippen LogP contribution in [0, 0.1) is 17.1 Å². The summed E-state index contributed by atoms with van der Waals surface area (Å²) in [6, 6.07) is 5.87. The van der Waals surface area contributed by atoms with Gasteiger partial charge >= 0.3 is 0 Å². The number of benzene rings is 1. The first-order chi connectivity index (χ1) is 15.5. The summed E-state index contributed by atoms with van der Waals surface area (Å²) in [5.41, 5.74) is 2.67. The number of nitrogens with one attached hydrogen (secondary N) is 1. The van der Waals surface area contributed by atoms with E-state index in [0.29, 0.717) is 17.9 Å². The monoisotopic (exact) mass is 439 g/mol.